The lowest BCUT2D eigenvalue weighted by Gasteiger charge is -2.23. The monoisotopic (exact) mass is 409 g/mol. The molecule has 0 bridgehead atoms. The summed E-state index contributed by atoms with van der Waals surface area (Å²) in [6.45, 7) is -0.589. The fourth-order valence-electron chi connectivity index (χ4n) is 2.98. The number of hydrogen-bond acceptors (Lipinski definition) is 5. The molecule has 5 N–H and O–H groups in total. The van der Waals surface area contributed by atoms with Crippen molar-refractivity contribution in [1.82, 2.24) is 16.0 Å². The van der Waals surface area contributed by atoms with Gasteiger partial charge in [-0.1, -0.05) is 49.1 Å². The third kappa shape index (κ3) is 6.45. The van der Waals surface area contributed by atoms with E-state index in [-0.39, 0.29) is 12.6 Å². The van der Waals surface area contributed by atoms with Gasteiger partial charge in [-0.3, -0.25) is 14.4 Å². The second kappa shape index (κ2) is 10.6. The molecule has 0 aliphatic heterocycles. The van der Waals surface area contributed by atoms with Crippen molar-refractivity contribution in [3.63, 3.8) is 0 Å². The van der Waals surface area contributed by atoms with Crippen molar-refractivity contribution in [2.45, 2.75) is 44.7 Å². The van der Waals surface area contributed by atoms with E-state index in [1.54, 1.807) is 24.3 Å². The Morgan fingerprint density at radius 1 is 1.00 bits per heavy atom. The highest BCUT2D eigenvalue weighted by Gasteiger charge is 2.27. The highest BCUT2D eigenvalue weighted by atomic mass is 35.5. The first-order valence-corrected chi connectivity index (χ1v) is 9.47. The quantitative estimate of drug-likeness (QED) is 0.193. The zero-order chi connectivity index (χ0) is 20.5. The Morgan fingerprint density at radius 2 is 1.68 bits per heavy atom. The molecule has 1 aromatic rings. The molecule has 1 aliphatic carbocycles. The zero-order valence-electron chi connectivity index (χ0n) is 15.3. The minimum Gasteiger partial charge on any atom is -0.494 e. The summed E-state index contributed by atoms with van der Waals surface area (Å²) < 4.78 is 0. The summed E-state index contributed by atoms with van der Waals surface area (Å²) in [6.07, 6.45) is 4.64. The summed E-state index contributed by atoms with van der Waals surface area (Å²) in [6, 6.07) is 6.84. The van der Waals surface area contributed by atoms with Crippen molar-refractivity contribution >= 4 is 29.4 Å². The van der Waals surface area contributed by atoms with Crippen LogP contribution in [0.4, 0.5) is 0 Å². The Hall–Kier alpha value is -2.74. The van der Waals surface area contributed by atoms with Crippen molar-refractivity contribution < 1.29 is 24.6 Å². The second-order valence-electron chi connectivity index (χ2n) is 6.55. The van der Waals surface area contributed by atoms with E-state index in [9.17, 15) is 19.5 Å². The van der Waals surface area contributed by atoms with E-state index in [0.29, 0.717) is 10.6 Å². The van der Waals surface area contributed by atoms with E-state index in [1.807, 2.05) is 0 Å². The maximum Gasteiger partial charge on any atom is 0.322 e. The van der Waals surface area contributed by atoms with Gasteiger partial charge in [0.1, 0.15) is 6.54 Å². The molecule has 28 heavy (non-hydrogen) atoms. The van der Waals surface area contributed by atoms with Crippen LogP contribution in [-0.4, -0.2) is 40.6 Å². The number of aliphatic hydroxyl groups excluding tert-OH is 1. The molecule has 152 valence electrons. The number of hydrogen-bond donors (Lipinski definition) is 5. The molecule has 0 heterocycles. The normalized spacial score (nSPS) is 15.3. The lowest BCUT2D eigenvalue weighted by molar-refractivity contribution is -0.138. The van der Waals surface area contributed by atoms with Crippen LogP contribution in [-0.2, 0) is 20.9 Å². The summed E-state index contributed by atoms with van der Waals surface area (Å²) in [5.41, 5.74) is 0.104. The zero-order valence-corrected chi connectivity index (χ0v) is 16.1. The highest BCUT2D eigenvalue weighted by Crippen LogP contribution is 2.18. The largest absolute Gasteiger partial charge is 0.494 e. The van der Waals surface area contributed by atoms with Gasteiger partial charge in [0.25, 0.3) is 11.8 Å². The molecule has 1 saturated carbocycles. The molecule has 1 aromatic carbocycles. The van der Waals surface area contributed by atoms with Gasteiger partial charge in [-0.2, -0.15) is 0 Å². The van der Waals surface area contributed by atoms with E-state index in [4.69, 9.17) is 16.7 Å². The van der Waals surface area contributed by atoms with E-state index < -0.39 is 35.8 Å². The van der Waals surface area contributed by atoms with Crippen LogP contribution in [0.15, 0.2) is 35.7 Å². The first-order chi connectivity index (χ1) is 13.4. The predicted octanol–water partition coefficient (Wildman–Crippen LogP) is 1.85. The summed E-state index contributed by atoms with van der Waals surface area (Å²) >= 11 is 6.06. The van der Waals surface area contributed by atoms with Gasteiger partial charge in [-0.15, -0.1) is 0 Å². The third-order valence-corrected chi connectivity index (χ3v) is 4.80. The van der Waals surface area contributed by atoms with Gasteiger partial charge in [0.2, 0.25) is 5.88 Å². The SMILES string of the molecule is O=C(O)CNC(=O)C(C(=O)NC1CCCCC1)=C(O)NCc1ccccc1Cl. The number of carbonyl (C=O) groups excluding carboxylic acids is 2. The smallest absolute Gasteiger partial charge is 0.322 e. The minimum absolute atomic E-state index is 0.0813. The summed E-state index contributed by atoms with van der Waals surface area (Å²) in [7, 11) is 0. The fourth-order valence-corrected chi connectivity index (χ4v) is 3.18. The molecule has 9 heteroatoms. The number of aliphatic carboxylic acids is 1. The molecule has 0 unspecified atom stereocenters. The van der Waals surface area contributed by atoms with Crippen LogP contribution in [0, 0.1) is 0 Å². The molecule has 0 spiro atoms. The van der Waals surface area contributed by atoms with Gasteiger partial charge in [0.05, 0.1) is 0 Å². The van der Waals surface area contributed by atoms with Gasteiger partial charge >= 0.3 is 5.97 Å². The Kier molecular flexibility index (Phi) is 8.13. The number of carboxylic acid groups (broad SMARTS) is 1. The van der Waals surface area contributed by atoms with Crippen LogP contribution in [0.25, 0.3) is 0 Å². The van der Waals surface area contributed by atoms with Crippen molar-refractivity contribution in [1.29, 1.82) is 0 Å². The van der Waals surface area contributed by atoms with Gasteiger partial charge in [-0.05, 0) is 24.5 Å². The number of aliphatic hydroxyl groups is 1. The standard InChI is InChI=1S/C19H24ClN3O5/c20-14-9-5-4-6-12(14)10-21-17(26)16(18(27)22-11-15(24)25)19(28)23-13-7-2-1-3-8-13/h4-6,9,13,21,26H,1-3,7-8,10-11H2,(H,22,27)(H,23,28)(H,24,25). The second-order valence-corrected chi connectivity index (χ2v) is 6.96. The number of amides is 2. The lowest BCUT2D eigenvalue weighted by Crippen LogP contribution is -2.43. The molecule has 0 saturated heterocycles. The van der Waals surface area contributed by atoms with E-state index >= 15 is 0 Å². The Morgan fingerprint density at radius 3 is 2.32 bits per heavy atom. The van der Waals surface area contributed by atoms with Crippen molar-refractivity contribution in [2.75, 3.05) is 6.54 Å². The number of halogens is 1. The van der Waals surface area contributed by atoms with Crippen LogP contribution >= 0.6 is 11.6 Å². The maximum atomic E-state index is 12.6. The van der Waals surface area contributed by atoms with Crippen molar-refractivity contribution in [3.8, 4) is 0 Å². The summed E-state index contributed by atoms with van der Waals surface area (Å²) in [5, 5.41) is 27.0. The Balaban J connectivity index is 2.15. The number of carbonyl (C=O) groups is 3. The molecule has 2 rings (SSSR count). The van der Waals surface area contributed by atoms with Crippen LogP contribution in [0.3, 0.4) is 0 Å². The maximum absolute atomic E-state index is 12.6. The predicted molar refractivity (Wildman–Crippen MR) is 104 cm³/mol. The lowest BCUT2D eigenvalue weighted by atomic mass is 9.95. The summed E-state index contributed by atoms with van der Waals surface area (Å²) in [5.74, 6) is -3.63. The molecule has 0 atom stereocenters. The number of benzene rings is 1. The molecule has 2 amide bonds. The minimum atomic E-state index is -1.26. The van der Waals surface area contributed by atoms with Gasteiger partial charge < -0.3 is 26.2 Å². The van der Waals surface area contributed by atoms with Gasteiger partial charge in [0.15, 0.2) is 5.57 Å². The average molecular weight is 410 g/mol. The molecule has 1 aliphatic rings. The van der Waals surface area contributed by atoms with Gasteiger partial charge in [0, 0.05) is 17.6 Å². The highest BCUT2D eigenvalue weighted by molar-refractivity contribution is 6.31. The summed E-state index contributed by atoms with van der Waals surface area (Å²) in [4.78, 5) is 35.7. The average Bonchev–Trinajstić information content (AvgIpc) is 2.66. The Labute approximate surface area is 168 Å². The number of nitrogens with one attached hydrogen (secondary N) is 3. The van der Waals surface area contributed by atoms with E-state index in [0.717, 1.165) is 32.1 Å². The van der Waals surface area contributed by atoms with Crippen LogP contribution in [0.5, 0.6) is 0 Å². The molecule has 0 aromatic heterocycles. The first kappa shape index (κ1) is 21.6. The molecular weight excluding hydrogens is 386 g/mol. The van der Waals surface area contributed by atoms with Crippen molar-refractivity contribution in [2.24, 2.45) is 0 Å². The first-order valence-electron chi connectivity index (χ1n) is 9.10. The van der Waals surface area contributed by atoms with E-state index in [1.165, 1.54) is 0 Å². The molecule has 0 radical (unpaired) electrons. The van der Waals surface area contributed by atoms with E-state index in [2.05, 4.69) is 16.0 Å². The fraction of sp³-hybridized carbons (Fsp3) is 0.421. The van der Waals surface area contributed by atoms with Crippen LogP contribution in [0.2, 0.25) is 5.02 Å². The molecular formula is C19H24ClN3O5. The van der Waals surface area contributed by atoms with Crippen molar-refractivity contribution in [3.05, 3.63) is 46.3 Å². The van der Waals surface area contributed by atoms with Crippen LogP contribution < -0.4 is 16.0 Å². The molecule has 1 fully saturated rings. The number of rotatable bonds is 8. The van der Waals surface area contributed by atoms with Crippen LogP contribution in [0.1, 0.15) is 37.7 Å². The number of carboxylic acids is 1. The Bertz CT molecular complexity index is 760. The molecule has 8 nitrogen and oxygen atoms in total. The topological polar surface area (TPSA) is 128 Å². The third-order valence-electron chi connectivity index (χ3n) is 4.44. The van der Waals surface area contributed by atoms with Gasteiger partial charge in [-0.25, -0.2) is 0 Å².